The van der Waals surface area contributed by atoms with Crippen LogP contribution >= 0.6 is 11.8 Å². The summed E-state index contributed by atoms with van der Waals surface area (Å²) in [5.74, 6) is 1.48. The molecule has 180 valence electrons. The highest BCUT2D eigenvalue weighted by molar-refractivity contribution is 7.99. The van der Waals surface area contributed by atoms with Crippen LogP contribution in [0.25, 0.3) is 11.1 Å². The number of unbranched alkanes of at least 4 members (excludes halogenated alkanes) is 7. The van der Waals surface area contributed by atoms with Crippen molar-refractivity contribution in [3.05, 3.63) is 36.7 Å². The number of hydrogen-bond donors (Lipinski definition) is 0. The summed E-state index contributed by atoms with van der Waals surface area (Å²) in [6, 6.07) is 7.24. The van der Waals surface area contributed by atoms with E-state index in [1.165, 1.54) is 38.5 Å². The summed E-state index contributed by atoms with van der Waals surface area (Å²) in [7, 11) is 0. The van der Waals surface area contributed by atoms with Crippen molar-refractivity contribution in [2.75, 3.05) is 5.75 Å². The van der Waals surface area contributed by atoms with Crippen LogP contribution in [0.1, 0.15) is 78.1 Å². The second kappa shape index (κ2) is 14.2. The van der Waals surface area contributed by atoms with E-state index in [0.717, 1.165) is 47.7 Å². The Hall–Kier alpha value is -2.12. The highest BCUT2D eigenvalue weighted by atomic mass is 32.2. The molecule has 1 aliphatic rings. The maximum atomic E-state index is 12.0. The van der Waals surface area contributed by atoms with E-state index in [4.69, 9.17) is 14.2 Å². The van der Waals surface area contributed by atoms with Gasteiger partial charge in [0, 0.05) is 23.7 Å². The summed E-state index contributed by atoms with van der Waals surface area (Å²) >= 11 is 1.71. The van der Waals surface area contributed by atoms with Crippen molar-refractivity contribution in [1.82, 2.24) is 9.97 Å². The molecule has 1 aliphatic heterocycles. The summed E-state index contributed by atoms with van der Waals surface area (Å²) < 4.78 is 15.8. The number of nitrogens with zero attached hydrogens (tertiary/aromatic N) is 2. The molecule has 1 aromatic heterocycles. The van der Waals surface area contributed by atoms with Gasteiger partial charge in [0.25, 0.3) is 0 Å². The number of carbonyl (C=O) groups is 1. The summed E-state index contributed by atoms with van der Waals surface area (Å²) in [6.45, 7) is 4.40. The van der Waals surface area contributed by atoms with Crippen molar-refractivity contribution >= 4 is 17.9 Å². The summed E-state index contributed by atoms with van der Waals surface area (Å²) in [5.41, 5.74) is 1.89. The summed E-state index contributed by atoms with van der Waals surface area (Å²) in [6.07, 6.45) is 14.6. The van der Waals surface area contributed by atoms with Crippen LogP contribution in [0.4, 0.5) is 4.79 Å². The van der Waals surface area contributed by atoms with Crippen molar-refractivity contribution in [2.45, 2.75) is 95.6 Å². The lowest BCUT2D eigenvalue weighted by molar-refractivity contribution is 0.0562. The van der Waals surface area contributed by atoms with Gasteiger partial charge in [-0.2, -0.15) is 0 Å². The van der Waals surface area contributed by atoms with Crippen molar-refractivity contribution < 1.29 is 19.0 Å². The fourth-order valence-electron chi connectivity index (χ4n) is 3.55. The molecule has 2 heterocycles. The molecule has 0 radical (unpaired) electrons. The van der Waals surface area contributed by atoms with E-state index >= 15 is 0 Å². The summed E-state index contributed by atoms with van der Waals surface area (Å²) in [4.78, 5) is 20.9. The molecule has 1 aromatic carbocycles. The van der Waals surface area contributed by atoms with Crippen LogP contribution in [0.3, 0.4) is 0 Å². The molecule has 6 nitrogen and oxygen atoms in total. The zero-order chi connectivity index (χ0) is 23.3. The molecule has 3 rings (SSSR count). The number of aromatic nitrogens is 2. The molecule has 2 aromatic rings. The van der Waals surface area contributed by atoms with Gasteiger partial charge in [-0.3, -0.25) is 0 Å². The first-order chi connectivity index (χ1) is 16.2. The predicted octanol–water partition coefficient (Wildman–Crippen LogP) is 7.42. The standard InChI is InChI=1S/C26H36N2O4S/c1-3-5-7-8-9-11-17-33-25-27-18-21(19-28-25)20-13-15-22(16-14-20)30-26(29)32-24-23(31-24)12-10-6-4-2/h13-16,18-19,23-24H,3-12,17H2,1-2H3/t23-,24+/m0/s1. The molecule has 0 spiro atoms. The van der Waals surface area contributed by atoms with Crippen LogP contribution in [-0.4, -0.2) is 34.3 Å². The SMILES string of the molecule is CCCCCCCCSc1ncc(-c2ccc(OC(=O)O[C@H]3O[C@H]3CCCCC)cc2)cn1. The highest BCUT2D eigenvalue weighted by Gasteiger charge is 2.42. The minimum atomic E-state index is -0.735. The Kier molecular flexibility index (Phi) is 11.0. The lowest BCUT2D eigenvalue weighted by atomic mass is 10.1. The van der Waals surface area contributed by atoms with E-state index in [9.17, 15) is 4.79 Å². The molecule has 7 heteroatoms. The number of hydrogen-bond acceptors (Lipinski definition) is 7. The lowest BCUT2D eigenvalue weighted by Gasteiger charge is -2.06. The topological polar surface area (TPSA) is 73.8 Å². The smallest absolute Gasteiger partial charge is 0.401 e. The van der Waals surface area contributed by atoms with Gasteiger partial charge in [-0.15, -0.1) is 0 Å². The van der Waals surface area contributed by atoms with Gasteiger partial charge in [0.1, 0.15) is 11.9 Å². The van der Waals surface area contributed by atoms with Crippen molar-refractivity contribution in [3.8, 4) is 16.9 Å². The van der Waals surface area contributed by atoms with Crippen molar-refractivity contribution in [3.63, 3.8) is 0 Å². The third-order valence-corrected chi connectivity index (χ3v) is 6.55. The number of benzene rings is 1. The second-order valence-electron chi connectivity index (χ2n) is 8.40. The van der Waals surface area contributed by atoms with Gasteiger partial charge in [0.2, 0.25) is 6.29 Å². The molecule has 33 heavy (non-hydrogen) atoms. The highest BCUT2D eigenvalue weighted by Crippen LogP contribution is 2.29. The molecule has 0 aliphatic carbocycles. The number of thioether (sulfide) groups is 1. The molecule has 0 unspecified atom stereocenters. The first kappa shape index (κ1) is 25.5. The van der Waals surface area contributed by atoms with Crippen molar-refractivity contribution in [2.24, 2.45) is 0 Å². The van der Waals surface area contributed by atoms with E-state index in [2.05, 4.69) is 23.8 Å². The zero-order valence-electron chi connectivity index (χ0n) is 19.8. The van der Waals surface area contributed by atoms with E-state index < -0.39 is 12.4 Å². The van der Waals surface area contributed by atoms with Crippen LogP contribution in [-0.2, 0) is 9.47 Å². The third-order valence-electron chi connectivity index (χ3n) is 5.59. The van der Waals surface area contributed by atoms with Crippen LogP contribution in [0.15, 0.2) is 41.8 Å². The van der Waals surface area contributed by atoms with Gasteiger partial charge >= 0.3 is 6.16 Å². The Morgan fingerprint density at radius 3 is 2.30 bits per heavy atom. The van der Waals surface area contributed by atoms with Gasteiger partial charge in [0.15, 0.2) is 5.16 Å². The maximum Gasteiger partial charge on any atom is 0.516 e. The van der Waals surface area contributed by atoms with Gasteiger partial charge < -0.3 is 14.2 Å². The van der Waals surface area contributed by atoms with Crippen LogP contribution in [0, 0.1) is 0 Å². The molecule has 1 saturated heterocycles. The molecule has 0 bridgehead atoms. The number of rotatable bonds is 15. The van der Waals surface area contributed by atoms with Gasteiger partial charge in [-0.25, -0.2) is 14.8 Å². The first-order valence-corrected chi connectivity index (χ1v) is 13.3. The molecular formula is C26H36N2O4S. The largest absolute Gasteiger partial charge is 0.516 e. The van der Waals surface area contributed by atoms with Crippen LogP contribution in [0.2, 0.25) is 0 Å². The number of carbonyl (C=O) groups excluding carboxylic acids is 1. The van der Waals surface area contributed by atoms with E-state index in [-0.39, 0.29) is 6.10 Å². The second-order valence-corrected chi connectivity index (χ2v) is 9.47. The first-order valence-electron chi connectivity index (χ1n) is 12.3. The van der Waals surface area contributed by atoms with E-state index in [0.29, 0.717) is 5.75 Å². The Bertz CT molecular complexity index is 829. The maximum absolute atomic E-state index is 12.0. The zero-order valence-corrected chi connectivity index (χ0v) is 20.6. The minimum absolute atomic E-state index is 0.0124. The molecule has 1 fully saturated rings. The van der Waals surface area contributed by atoms with Crippen LogP contribution < -0.4 is 4.74 Å². The molecular weight excluding hydrogens is 436 g/mol. The fourth-order valence-corrected chi connectivity index (χ4v) is 4.33. The van der Waals surface area contributed by atoms with E-state index in [1.54, 1.807) is 23.9 Å². The Morgan fingerprint density at radius 1 is 0.909 bits per heavy atom. The Morgan fingerprint density at radius 2 is 1.58 bits per heavy atom. The normalized spacial score (nSPS) is 17.0. The molecule has 0 N–H and O–H groups in total. The average Bonchev–Trinajstić information content (AvgIpc) is 3.57. The lowest BCUT2D eigenvalue weighted by Crippen LogP contribution is -2.14. The predicted molar refractivity (Wildman–Crippen MR) is 131 cm³/mol. The Labute approximate surface area is 201 Å². The van der Waals surface area contributed by atoms with E-state index in [1.807, 2.05) is 24.5 Å². The quantitative estimate of drug-likeness (QED) is 0.0667. The van der Waals surface area contributed by atoms with Crippen LogP contribution in [0.5, 0.6) is 5.75 Å². The number of ether oxygens (including phenoxy) is 3. The molecule has 0 saturated carbocycles. The van der Waals surface area contributed by atoms with Gasteiger partial charge in [-0.1, -0.05) is 89.1 Å². The monoisotopic (exact) mass is 472 g/mol. The Balaban J connectivity index is 1.36. The number of epoxide rings is 1. The molecule has 0 amide bonds. The fraction of sp³-hybridized carbons (Fsp3) is 0.577. The van der Waals surface area contributed by atoms with Crippen molar-refractivity contribution in [1.29, 1.82) is 0 Å². The minimum Gasteiger partial charge on any atom is -0.401 e. The summed E-state index contributed by atoms with van der Waals surface area (Å²) in [5, 5.41) is 0.810. The average molecular weight is 473 g/mol. The molecule has 2 atom stereocenters. The third kappa shape index (κ3) is 9.33. The van der Waals surface area contributed by atoms with Gasteiger partial charge in [0.05, 0.1) is 0 Å². The van der Waals surface area contributed by atoms with Gasteiger partial charge in [-0.05, 0) is 30.5 Å².